The van der Waals surface area contributed by atoms with Gasteiger partial charge in [0.25, 0.3) is 11.8 Å². The van der Waals surface area contributed by atoms with E-state index in [4.69, 9.17) is 4.52 Å². The molecule has 1 atom stereocenters. The van der Waals surface area contributed by atoms with Crippen molar-refractivity contribution in [3.63, 3.8) is 0 Å². The number of nitrogens with one attached hydrogen (secondary N) is 2. The SMILES string of the molecule is CCCNC(=O)c1cccc(-c2nc(C3CNCCN3C)no2)c1. The van der Waals surface area contributed by atoms with Gasteiger partial charge in [-0.2, -0.15) is 4.98 Å². The van der Waals surface area contributed by atoms with Gasteiger partial charge in [0, 0.05) is 37.3 Å². The van der Waals surface area contributed by atoms with Crippen molar-refractivity contribution in [2.24, 2.45) is 0 Å². The number of rotatable bonds is 5. The molecule has 7 heteroatoms. The predicted molar refractivity (Wildman–Crippen MR) is 90.6 cm³/mol. The van der Waals surface area contributed by atoms with Gasteiger partial charge in [0.1, 0.15) is 0 Å². The molecule has 24 heavy (non-hydrogen) atoms. The lowest BCUT2D eigenvalue weighted by Gasteiger charge is -2.30. The Hall–Kier alpha value is -2.25. The van der Waals surface area contributed by atoms with Crippen molar-refractivity contribution in [2.75, 3.05) is 33.2 Å². The maximum atomic E-state index is 12.1. The Morgan fingerprint density at radius 3 is 3.17 bits per heavy atom. The molecular formula is C17H23N5O2. The lowest BCUT2D eigenvalue weighted by Crippen LogP contribution is -2.44. The van der Waals surface area contributed by atoms with Gasteiger partial charge in [-0.05, 0) is 31.7 Å². The molecule has 0 aliphatic carbocycles. The van der Waals surface area contributed by atoms with E-state index >= 15 is 0 Å². The number of hydrogen-bond acceptors (Lipinski definition) is 6. The number of piperazine rings is 1. The van der Waals surface area contributed by atoms with Crippen molar-refractivity contribution in [1.82, 2.24) is 25.7 Å². The number of carbonyl (C=O) groups is 1. The summed E-state index contributed by atoms with van der Waals surface area (Å²) < 4.78 is 5.42. The molecule has 0 saturated carbocycles. The van der Waals surface area contributed by atoms with E-state index in [9.17, 15) is 4.79 Å². The molecule has 7 nitrogen and oxygen atoms in total. The van der Waals surface area contributed by atoms with Gasteiger partial charge in [0.05, 0.1) is 6.04 Å². The number of amides is 1. The topological polar surface area (TPSA) is 83.3 Å². The van der Waals surface area contributed by atoms with Gasteiger partial charge >= 0.3 is 0 Å². The predicted octanol–water partition coefficient (Wildman–Crippen LogP) is 1.45. The Kier molecular flexibility index (Phi) is 5.22. The van der Waals surface area contributed by atoms with Crippen LogP contribution in [0.5, 0.6) is 0 Å². The van der Waals surface area contributed by atoms with E-state index in [1.54, 1.807) is 12.1 Å². The Morgan fingerprint density at radius 2 is 2.38 bits per heavy atom. The zero-order valence-electron chi connectivity index (χ0n) is 14.1. The van der Waals surface area contributed by atoms with Crippen molar-refractivity contribution >= 4 is 5.91 Å². The standard InChI is InChI=1S/C17H23N5O2/c1-3-7-19-16(23)12-5-4-6-13(10-12)17-20-15(21-24-17)14-11-18-8-9-22(14)2/h4-6,10,14,18H,3,7-9,11H2,1-2H3,(H,19,23). The molecule has 3 rings (SSSR count). The molecule has 1 amide bonds. The average Bonchev–Trinajstić information content (AvgIpc) is 3.10. The molecule has 1 aliphatic rings. The fourth-order valence-electron chi connectivity index (χ4n) is 2.72. The summed E-state index contributed by atoms with van der Waals surface area (Å²) in [4.78, 5) is 18.8. The highest BCUT2D eigenvalue weighted by Gasteiger charge is 2.25. The number of hydrogen-bond donors (Lipinski definition) is 2. The van der Waals surface area contributed by atoms with E-state index in [1.807, 2.05) is 19.1 Å². The zero-order chi connectivity index (χ0) is 16.9. The summed E-state index contributed by atoms with van der Waals surface area (Å²) in [5.74, 6) is 1.02. The number of carbonyl (C=O) groups excluding carboxylic acids is 1. The molecule has 2 aromatic rings. The third-order valence-corrected chi connectivity index (χ3v) is 4.16. The Morgan fingerprint density at radius 1 is 1.50 bits per heavy atom. The molecule has 1 saturated heterocycles. The molecule has 2 heterocycles. The van der Waals surface area contributed by atoms with Gasteiger partial charge in [-0.15, -0.1) is 0 Å². The quantitative estimate of drug-likeness (QED) is 0.864. The number of aromatic nitrogens is 2. The second kappa shape index (κ2) is 7.55. The molecule has 1 aliphatic heterocycles. The molecule has 128 valence electrons. The van der Waals surface area contributed by atoms with E-state index in [0.717, 1.165) is 31.6 Å². The molecular weight excluding hydrogens is 306 g/mol. The number of likely N-dealkylation sites (N-methyl/N-ethyl adjacent to an activating group) is 1. The summed E-state index contributed by atoms with van der Waals surface area (Å²) in [6.45, 7) is 5.39. The van der Waals surface area contributed by atoms with E-state index in [2.05, 4.69) is 32.7 Å². The van der Waals surface area contributed by atoms with Gasteiger partial charge in [-0.3, -0.25) is 9.69 Å². The lowest BCUT2D eigenvalue weighted by molar-refractivity contribution is 0.0953. The van der Waals surface area contributed by atoms with Crippen molar-refractivity contribution in [3.05, 3.63) is 35.7 Å². The van der Waals surface area contributed by atoms with E-state index in [1.165, 1.54) is 0 Å². The Labute approximate surface area is 141 Å². The third-order valence-electron chi connectivity index (χ3n) is 4.16. The summed E-state index contributed by atoms with van der Waals surface area (Å²) in [6, 6.07) is 7.37. The Bertz CT molecular complexity index is 700. The largest absolute Gasteiger partial charge is 0.352 e. The first kappa shape index (κ1) is 16.6. The zero-order valence-corrected chi connectivity index (χ0v) is 14.1. The van der Waals surface area contributed by atoms with E-state index in [0.29, 0.717) is 23.8 Å². The van der Waals surface area contributed by atoms with Gasteiger partial charge < -0.3 is 15.2 Å². The van der Waals surface area contributed by atoms with Crippen LogP contribution < -0.4 is 10.6 Å². The second-order valence-electron chi connectivity index (χ2n) is 5.99. The van der Waals surface area contributed by atoms with Crippen LogP contribution in [0.2, 0.25) is 0 Å². The third kappa shape index (κ3) is 3.63. The molecule has 1 unspecified atom stereocenters. The summed E-state index contributed by atoms with van der Waals surface area (Å²) in [7, 11) is 2.06. The minimum absolute atomic E-state index is 0.0883. The lowest BCUT2D eigenvalue weighted by atomic mass is 10.1. The van der Waals surface area contributed by atoms with Crippen molar-refractivity contribution in [2.45, 2.75) is 19.4 Å². The van der Waals surface area contributed by atoms with Crippen LogP contribution >= 0.6 is 0 Å². The summed E-state index contributed by atoms with van der Waals surface area (Å²) in [5.41, 5.74) is 1.35. The Balaban J connectivity index is 1.78. The van der Waals surface area contributed by atoms with Crippen molar-refractivity contribution < 1.29 is 9.32 Å². The average molecular weight is 329 g/mol. The second-order valence-corrected chi connectivity index (χ2v) is 5.99. The van der Waals surface area contributed by atoms with Crippen LogP contribution in [0.25, 0.3) is 11.5 Å². The normalized spacial score (nSPS) is 18.5. The fourth-order valence-corrected chi connectivity index (χ4v) is 2.72. The molecule has 0 radical (unpaired) electrons. The highest BCUT2D eigenvalue weighted by Crippen LogP contribution is 2.23. The van der Waals surface area contributed by atoms with Crippen molar-refractivity contribution in [3.8, 4) is 11.5 Å². The van der Waals surface area contributed by atoms with Crippen LogP contribution in [0.1, 0.15) is 35.6 Å². The van der Waals surface area contributed by atoms with Gasteiger partial charge in [-0.25, -0.2) is 0 Å². The van der Waals surface area contributed by atoms with Crippen molar-refractivity contribution in [1.29, 1.82) is 0 Å². The number of benzene rings is 1. The van der Waals surface area contributed by atoms with Crippen LogP contribution in [-0.4, -0.2) is 54.2 Å². The minimum Gasteiger partial charge on any atom is -0.352 e. The van der Waals surface area contributed by atoms with Crippen LogP contribution in [0, 0.1) is 0 Å². The molecule has 1 aromatic carbocycles. The molecule has 0 spiro atoms. The van der Waals surface area contributed by atoms with Crippen LogP contribution in [0.3, 0.4) is 0 Å². The highest BCUT2D eigenvalue weighted by atomic mass is 16.5. The van der Waals surface area contributed by atoms with Gasteiger partial charge in [-0.1, -0.05) is 18.1 Å². The highest BCUT2D eigenvalue weighted by molar-refractivity contribution is 5.95. The first-order valence-corrected chi connectivity index (χ1v) is 8.32. The summed E-state index contributed by atoms with van der Waals surface area (Å²) in [5, 5.41) is 10.3. The monoisotopic (exact) mass is 329 g/mol. The van der Waals surface area contributed by atoms with Gasteiger partial charge in [0.15, 0.2) is 5.82 Å². The maximum Gasteiger partial charge on any atom is 0.258 e. The van der Waals surface area contributed by atoms with Gasteiger partial charge in [0.2, 0.25) is 0 Å². The molecule has 1 fully saturated rings. The fraction of sp³-hybridized carbons (Fsp3) is 0.471. The molecule has 0 bridgehead atoms. The first-order valence-electron chi connectivity index (χ1n) is 8.32. The van der Waals surface area contributed by atoms with Crippen LogP contribution in [0.15, 0.2) is 28.8 Å². The summed E-state index contributed by atoms with van der Waals surface area (Å²) in [6.07, 6.45) is 0.904. The molecule has 2 N–H and O–H groups in total. The molecule has 1 aromatic heterocycles. The van der Waals surface area contributed by atoms with E-state index in [-0.39, 0.29) is 11.9 Å². The van der Waals surface area contributed by atoms with Crippen LogP contribution in [0.4, 0.5) is 0 Å². The maximum absolute atomic E-state index is 12.1. The first-order chi connectivity index (χ1) is 11.7. The van der Waals surface area contributed by atoms with E-state index < -0.39 is 0 Å². The smallest absolute Gasteiger partial charge is 0.258 e. The summed E-state index contributed by atoms with van der Waals surface area (Å²) >= 11 is 0. The number of nitrogens with zero attached hydrogens (tertiary/aromatic N) is 3. The van der Waals surface area contributed by atoms with Crippen LogP contribution in [-0.2, 0) is 0 Å². The minimum atomic E-state index is -0.0883.